The van der Waals surface area contributed by atoms with Crippen LogP contribution in [0.15, 0.2) is 24.3 Å². The summed E-state index contributed by atoms with van der Waals surface area (Å²) < 4.78 is 17.9. The highest BCUT2D eigenvalue weighted by atomic mass is 32.2. The molecular weight excluding hydrogens is 299 g/mol. The molecule has 2 nitrogen and oxygen atoms in total. The van der Waals surface area contributed by atoms with E-state index < -0.39 is 0 Å². The molecule has 0 heterocycles. The molecule has 1 aromatic carbocycles. The van der Waals surface area contributed by atoms with Gasteiger partial charge in [-0.25, -0.2) is 4.79 Å². The number of carbonyl (C=O) groups is 1. The summed E-state index contributed by atoms with van der Waals surface area (Å²) in [5.41, 5.74) is 1.49. The maximum Gasteiger partial charge on any atom is 0.338 e. The third kappa shape index (κ3) is 3.32. The van der Waals surface area contributed by atoms with Gasteiger partial charge in [0.2, 0.25) is 0 Å². The highest BCUT2D eigenvalue weighted by Gasteiger charge is 2.50. The lowest BCUT2D eigenvalue weighted by Crippen LogP contribution is -2.37. The topological polar surface area (TPSA) is 26.3 Å². The van der Waals surface area contributed by atoms with Crippen LogP contribution in [0.1, 0.15) is 54.9 Å². The second kappa shape index (κ2) is 6.61. The number of hydrogen-bond donors (Lipinski definition) is 0. The molecular formula is C18H23FO2S. The van der Waals surface area contributed by atoms with Crippen LogP contribution in [0.5, 0.6) is 0 Å². The van der Waals surface area contributed by atoms with Crippen molar-refractivity contribution in [3.8, 4) is 0 Å². The predicted molar refractivity (Wildman–Crippen MR) is 87.6 cm³/mol. The first-order chi connectivity index (χ1) is 10.6. The van der Waals surface area contributed by atoms with Crippen molar-refractivity contribution in [2.45, 2.75) is 51.0 Å². The largest absolute Gasteiger partial charge is 0.455 e. The fraction of sp³-hybridized carbons (Fsp3) is 0.611. The van der Waals surface area contributed by atoms with Gasteiger partial charge in [0, 0.05) is 17.9 Å². The third-order valence-electron chi connectivity index (χ3n) is 5.30. The summed E-state index contributed by atoms with van der Waals surface area (Å²) in [5.74, 6) is 1.60. The third-order valence-corrected chi connectivity index (χ3v) is 5.74. The highest BCUT2D eigenvalue weighted by Crippen LogP contribution is 2.52. The fourth-order valence-corrected chi connectivity index (χ4v) is 4.34. The van der Waals surface area contributed by atoms with E-state index >= 15 is 0 Å². The number of hydrogen-bond acceptors (Lipinski definition) is 3. The number of aryl methyl sites for hydroxylation is 1. The van der Waals surface area contributed by atoms with E-state index in [2.05, 4.69) is 6.92 Å². The summed E-state index contributed by atoms with van der Waals surface area (Å²) in [5, 5.41) is 0. The minimum Gasteiger partial charge on any atom is -0.455 e. The number of benzene rings is 1. The first kappa shape index (κ1) is 15.9. The molecule has 0 saturated heterocycles. The smallest absolute Gasteiger partial charge is 0.338 e. The van der Waals surface area contributed by atoms with Crippen molar-refractivity contribution in [3.63, 3.8) is 0 Å². The SMILES string of the molecule is CC1(OC(=O)c2ccc(CCCSF)cc2)CC2CCC1C2. The van der Waals surface area contributed by atoms with E-state index in [0.29, 0.717) is 29.4 Å². The van der Waals surface area contributed by atoms with E-state index in [4.69, 9.17) is 4.74 Å². The van der Waals surface area contributed by atoms with Crippen molar-refractivity contribution in [2.75, 3.05) is 5.75 Å². The van der Waals surface area contributed by atoms with Gasteiger partial charge in [-0.3, -0.25) is 0 Å². The Morgan fingerprint density at radius 3 is 2.73 bits per heavy atom. The second-order valence-corrected chi connectivity index (χ2v) is 7.52. The number of ether oxygens (including phenoxy) is 1. The van der Waals surface area contributed by atoms with Crippen molar-refractivity contribution < 1.29 is 13.4 Å². The van der Waals surface area contributed by atoms with E-state index in [0.717, 1.165) is 30.7 Å². The van der Waals surface area contributed by atoms with Crippen molar-refractivity contribution >= 4 is 18.1 Å². The average Bonchev–Trinajstić information content (AvgIpc) is 3.08. The van der Waals surface area contributed by atoms with Crippen molar-refractivity contribution in [3.05, 3.63) is 35.4 Å². The molecule has 2 fully saturated rings. The number of fused-ring (bicyclic) bond motifs is 2. The number of carbonyl (C=O) groups excluding carboxylic acids is 1. The van der Waals surface area contributed by atoms with Crippen molar-refractivity contribution in [2.24, 2.45) is 11.8 Å². The monoisotopic (exact) mass is 322 g/mol. The Hall–Kier alpha value is -1.03. The molecule has 0 amide bonds. The molecule has 22 heavy (non-hydrogen) atoms. The molecule has 0 N–H and O–H groups in total. The van der Waals surface area contributed by atoms with E-state index in [1.807, 2.05) is 24.3 Å². The Morgan fingerprint density at radius 1 is 1.36 bits per heavy atom. The number of halogens is 1. The molecule has 0 spiro atoms. The average molecular weight is 322 g/mol. The van der Waals surface area contributed by atoms with E-state index in [1.165, 1.54) is 19.3 Å². The van der Waals surface area contributed by atoms with Gasteiger partial charge in [-0.1, -0.05) is 12.1 Å². The van der Waals surface area contributed by atoms with E-state index in [1.54, 1.807) is 0 Å². The molecule has 4 heteroatoms. The Morgan fingerprint density at radius 2 is 2.14 bits per heavy atom. The second-order valence-electron chi connectivity index (χ2n) is 6.90. The highest BCUT2D eigenvalue weighted by molar-refractivity contribution is 7.94. The zero-order chi connectivity index (χ0) is 15.6. The van der Waals surface area contributed by atoms with Crippen LogP contribution in [0.3, 0.4) is 0 Å². The first-order valence-electron chi connectivity index (χ1n) is 8.16. The molecule has 2 bridgehead atoms. The Balaban J connectivity index is 1.58. The van der Waals surface area contributed by atoms with Crippen LogP contribution >= 0.6 is 12.1 Å². The maximum absolute atomic E-state index is 12.4. The summed E-state index contributed by atoms with van der Waals surface area (Å²) in [4.78, 5) is 12.4. The van der Waals surface area contributed by atoms with Gasteiger partial charge < -0.3 is 4.74 Å². The summed E-state index contributed by atoms with van der Waals surface area (Å²) in [6.45, 7) is 2.09. The van der Waals surface area contributed by atoms with Gasteiger partial charge in [-0.15, -0.1) is 0 Å². The lowest BCUT2D eigenvalue weighted by atomic mass is 9.85. The quantitative estimate of drug-likeness (QED) is 0.546. The normalized spacial score (nSPS) is 29.7. The Labute approximate surface area is 136 Å². The molecule has 1 aromatic rings. The van der Waals surface area contributed by atoms with Crippen LogP contribution < -0.4 is 0 Å². The van der Waals surface area contributed by atoms with Crippen LogP contribution in [-0.4, -0.2) is 17.3 Å². The summed E-state index contributed by atoms with van der Waals surface area (Å²) in [7, 11) is 0. The first-order valence-corrected chi connectivity index (χ1v) is 9.05. The van der Waals surface area contributed by atoms with Crippen LogP contribution in [-0.2, 0) is 11.2 Å². The van der Waals surface area contributed by atoms with E-state index in [9.17, 15) is 8.68 Å². The van der Waals surface area contributed by atoms with Crippen LogP contribution in [0.25, 0.3) is 0 Å². The molecule has 3 unspecified atom stereocenters. The van der Waals surface area contributed by atoms with Crippen molar-refractivity contribution in [1.29, 1.82) is 0 Å². The molecule has 2 aliphatic rings. The van der Waals surface area contributed by atoms with Crippen LogP contribution in [0.4, 0.5) is 3.89 Å². The molecule has 3 atom stereocenters. The minimum absolute atomic E-state index is 0.207. The summed E-state index contributed by atoms with van der Waals surface area (Å²) in [6.07, 6.45) is 6.38. The van der Waals surface area contributed by atoms with Gasteiger partial charge in [-0.2, -0.15) is 3.89 Å². The fourth-order valence-electron chi connectivity index (χ4n) is 4.09. The number of esters is 1. The standard InChI is InChI=1S/C18H23FO2S/c1-18(12-14-6-9-16(18)11-14)21-17(20)15-7-4-13(5-8-15)3-2-10-22-19/h4-5,7-8,14,16H,2-3,6,9-12H2,1H3. The lowest BCUT2D eigenvalue weighted by molar-refractivity contribution is -0.0370. The number of rotatable bonds is 6. The van der Waals surface area contributed by atoms with Crippen LogP contribution in [0.2, 0.25) is 0 Å². The Bertz CT molecular complexity index is 530. The molecule has 0 aromatic heterocycles. The van der Waals surface area contributed by atoms with Gasteiger partial charge >= 0.3 is 5.97 Å². The molecule has 0 radical (unpaired) electrons. The summed E-state index contributed by atoms with van der Waals surface area (Å²) >= 11 is 0.378. The molecule has 2 saturated carbocycles. The van der Waals surface area contributed by atoms with Gasteiger partial charge in [0.25, 0.3) is 0 Å². The zero-order valence-corrected chi connectivity index (χ0v) is 13.8. The van der Waals surface area contributed by atoms with E-state index in [-0.39, 0.29) is 11.6 Å². The lowest BCUT2D eigenvalue weighted by Gasteiger charge is -2.33. The summed E-state index contributed by atoms with van der Waals surface area (Å²) in [6, 6.07) is 7.55. The van der Waals surface area contributed by atoms with Gasteiger partial charge in [-0.05, 0) is 75.0 Å². The molecule has 120 valence electrons. The molecule has 0 aliphatic heterocycles. The van der Waals surface area contributed by atoms with Crippen LogP contribution in [0, 0.1) is 11.8 Å². The van der Waals surface area contributed by atoms with Gasteiger partial charge in [0.05, 0.1) is 5.56 Å². The molecule has 3 rings (SSSR count). The minimum atomic E-state index is -0.267. The Kier molecular flexibility index (Phi) is 4.76. The zero-order valence-electron chi connectivity index (χ0n) is 13.0. The van der Waals surface area contributed by atoms with Gasteiger partial charge in [0.1, 0.15) is 5.60 Å². The predicted octanol–water partition coefficient (Wildman–Crippen LogP) is 4.97. The van der Waals surface area contributed by atoms with Gasteiger partial charge in [0.15, 0.2) is 0 Å². The van der Waals surface area contributed by atoms with Crippen molar-refractivity contribution in [1.82, 2.24) is 0 Å². The maximum atomic E-state index is 12.4. The molecule has 2 aliphatic carbocycles.